The summed E-state index contributed by atoms with van der Waals surface area (Å²) in [5.41, 5.74) is 1.18. The number of carbonyl (C=O) groups excluding carboxylic acids is 1. The van der Waals surface area contributed by atoms with Gasteiger partial charge in [0.05, 0.1) is 11.9 Å². The Morgan fingerprint density at radius 3 is 2.56 bits per heavy atom. The summed E-state index contributed by atoms with van der Waals surface area (Å²) in [6, 6.07) is 7.20. The lowest BCUT2D eigenvalue weighted by molar-refractivity contribution is -0.131. The molecule has 0 saturated carbocycles. The van der Waals surface area contributed by atoms with Gasteiger partial charge in [-0.3, -0.25) is 4.79 Å². The molecule has 0 radical (unpaired) electrons. The minimum absolute atomic E-state index is 0.128. The molecule has 3 heterocycles. The summed E-state index contributed by atoms with van der Waals surface area (Å²) < 4.78 is 0. The van der Waals surface area contributed by atoms with Gasteiger partial charge >= 0.3 is 0 Å². The highest BCUT2D eigenvalue weighted by Gasteiger charge is 2.21. The van der Waals surface area contributed by atoms with Crippen LogP contribution in [0.4, 0.5) is 11.6 Å². The molecule has 128 valence electrons. The molecule has 8 nitrogen and oxygen atoms in total. The summed E-state index contributed by atoms with van der Waals surface area (Å²) in [6.45, 7) is 3.37. The van der Waals surface area contributed by atoms with E-state index in [0.29, 0.717) is 37.7 Å². The van der Waals surface area contributed by atoms with E-state index >= 15 is 0 Å². The smallest absolute Gasteiger partial charge is 0.225 e. The van der Waals surface area contributed by atoms with Gasteiger partial charge < -0.3 is 15.1 Å². The number of nitrogens with one attached hydrogen (secondary N) is 1. The van der Waals surface area contributed by atoms with Gasteiger partial charge in [0, 0.05) is 51.5 Å². The maximum Gasteiger partial charge on any atom is 0.225 e. The van der Waals surface area contributed by atoms with E-state index in [1.54, 1.807) is 36.8 Å². The molecule has 0 unspecified atom stereocenters. The van der Waals surface area contributed by atoms with Gasteiger partial charge in [0.1, 0.15) is 11.8 Å². The van der Waals surface area contributed by atoms with Crippen LogP contribution in [0.5, 0.6) is 0 Å². The van der Waals surface area contributed by atoms with Crippen LogP contribution in [0.25, 0.3) is 0 Å². The molecule has 1 amide bonds. The monoisotopic (exact) mass is 337 g/mol. The Bertz CT molecular complexity index is 734. The zero-order valence-electron chi connectivity index (χ0n) is 13.8. The second kappa shape index (κ2) is 8.06. The lowest BCUT2D eigenvalue weighted by Crippen LogP contribution is -2.49. The van der Waals surface area contributed by atoms with Crippen molar-refractivity contribution in [2.75, 3.05) is 42.9 Å². The van der Waals surface area contributed by atoms with Crippen LogP contribution in [0.3, 0.4) is 0 Å². The first-order chi connectivity index (χ1) is 12.3. The van der Waals surface area contributed by atoms with Crippen LogP contribution < -0.4 is 10.2 Å². The molecule has 1 saturated heterocycles. The second-order valence-corrected chi connectivity index (χ2v) is 5.64. The summed E-state index contributed by atoms with van der Waals surface area (Å²) in [5.74, 6) is 0.840. The number of nitrogens with zero attached hydrogens (tertiary/aromatic N) is 6. The fraction of sp³-hybridized carbons (Fsp3) is 0.353. The lowest BCUT2D eigenvalue weighted by atomic mass is 10.2. The van der Waals surface area contributed by atoms with E-state index in [2.05, 4.69) is 25.2 Å². The van der Waals surface area contributed by atoms with E-state index in [1.165, 1.54) is 0 Å². The number of amides is 1. The summed E-state index contributed by atoms with van der Waals surface area (Å²) in [4.78, 5) is 28.7. The van der Waals surface area contributed by atoms with Gasteiger partial charge in [-0.1, -0.05) is 0 Å². The molecule has 1 aliphatic rings. The maximum absolute atomic E-state index is 12.3. The van der Waals surface area contributed by atoms with E-state index in [9.17, 15) is 4.79 Å². The molecular formula is C17H19N7O. The average Bonchev–Trinajstić information content (AvgIpc) is 2.69. The average molecular weight is 337 g/mol. The van der Waals surface area contributed by atoms with Crippen LogP contribution in [0.15, 0.2) is 36.8 Å². The zero-order chi connectivity index (χ0) is 17.5. The first kappa shape index (κ1) is 16.6. The van der Waals surface area contributed by atoms with Crippen molar-refractivity contribution in [2.45, 2.75) is 6.42 Å². The molecule has 1 N–H and O–H groups in total. The van der Waals surface area contributed by atoms with Gasteiger partial charge in [-0.25, -0.2) is 15.0 Å². The normalized spacial score (nSPS) is 14.0. The van der Waals surface area contributed by atoms with Crippen molar-refractivity contribution in [3.63, 3.8) is 0 Å². The first-order valence-electron chi connectivity index (χ1n) is 8.16. The van der Waals surface area contributed by atoms with Crippen molar-refractivity contribution in [2.24, 2.45) is 0 Å². The Morgan fingerprint density at radius 2 is 1.92 bits per heavy atom. The van der Waals surface area contributed by atoms with E-state index in [0.717, 1.165) is 18.8 Å². The summed E-state index contributed by atoms with van der Waals surface area (Å²) in [6.07, 6.45) is 5.47. The number of pyridine rings is 1. The molecule has 2 aromatic heterocycles. The molecule has 8 heteroatoms. The van der Waals surface area contributed by atoms with Crippen molar-refractivity contribution in [1.82, 2.24) is 19.9 Å². The number of hydrogen-bond donors (Lipinski definition) is 1. The van der Waals surface area contributed by atoms with Crippen LogP contribution in [0.2, 0.25) is 0 Å². The van der Waals surface area contributed by atoms with E-state index in [-0.39, 0.29) is 5.91 Å². The lowest BCUT2D eigenvalue weighted by Gasteiger charge is -2.34. The number of anilines is 2. The SMILES string of the molecule is N#Cc1ccc(NCCC(=O)N2CCN(c3ncccn3)CC2)cn1. The third-order valence-electron chi connectivity index (χ3n) is 4.01. The highest BCUT2D eigenvalue weighted by atomic mass is 16.2. The number of piperazine rings is 1. The van der Waals surface area contributed by atoms with Gasteiger partial charge in [0.2, 0.25) is 11.9 Å². The van der Waals surface area contributed by atoms with Crippen molar-refractivity contribution >= 4 is 17.5 Å². The molecule has 2 aromatic rings. The van der Waals surface area contributed by atoms with Crippen molar-refractivity contribution in [3.05, 3.63) is 42.5 Å². The number of nitriles is 1. The van der Waals surface area contributed by atoms with Crippen LogP contribution in [-0.4, -0.2) is 58.5 Å². The minimum Gasteiger partial charge on any atom is -0.383 e. The van der Waals surface area contributed by atoms with Crippen LogP contribution in [-0.2, 0) is 4.79 Å². The van der Waals surface area contributed by atoms with Crippen molar-refractivity contribution in [3.8, 4) is 6.07 Å². The summed E-state index contributed by atoms with van der Waals surface area (Å²) in [5, 5.41) is 11.9. The van der Waals surface area contributed by atoms with Gasteiger partial charge in [-0.2, -0.15) is 5.26 Å². The van der Waals surface area contributed by atoms with Gasteiger partial charge in [-0.05, 0) is 18.2 Å². The van der Waals surface area contributed by atoms with Gasteiger partial charge in [0.15, 0.2) is 0 Å². The molecule has 0 atom stereocenters. The Morgan fingerprint density at radius 1 is 1.16 bits per heavy atom. The quantitative estimate of drug-likeness (QED) is 0.865. The maximum atomic E-state index is 12.3. The number of carbonyl (C=O) groups is 1. The number of rotatable bonds is 5. The highest BCUT2D eigenvalue weighted by Crippen LogP contribution is 2.11. The molecule has 1 fully saturated rings. The van der Waals surface area contributed by atoms with Gasteiger partial charge in [-0.15, -0.1) is 0 Å². The zero-order valence-corrected chi connectivity index (χ0v) is 13.8. The Kier molecular flexibility index (Phi) is 5.36. The number of aromatic nitrogens is 3. The highest BCUT2D eigenvalue weighted by molar-refractivity contribution is 5.77. The second-order valence-electron chi connectivity index (χ2n) is 5.64. The summed E-state index contributed by atoms with van der Waals surface area (Å²) in [7, 11) is 0. The predicted molar refractivity (Wildman–Crippen MR) is 92.9 cm³/mol. The van der Waals surface area contributed by atoms with E-state index < -0.39 is 0 Å². The largest absolute Gasteiger partial charge is 0.383 e. The first-order valence-corrected chi connectivity index (χ1v) is 8.16. The van der Waals surface area contributed by atoms with Crippen LogP contribution in [0, 0.1) is 11.3 Å². The standard InChI is InChI=1S/C17H19N7O/c18-12-14-2-3-15(13-22-14)19-7-4-16(25)23-8-10-24(11-9-23)17-20-5-1-6-21-17/h1-3,5-6,13,19H,4,7-11H2. The Balaban J connectivity index is 1.41. The third kappa shape index (κ3) is 4.41. The molecule has 0 aliphatic carbocycles. The molecule has 1 aliphatic heterocycles. The van der Waals surface area contributed by atoms with E-state index in [4.69, 9.17) is 5.26 Å². The van der Waals surface area contributed by atoms with Crippen molar-refractivity contribution in [1.29, 1.82) is 5.26 Å². The molecule has 3 rings (SSSR count). The topological polar surface area (TPSA) is 98.0 Å². The van der Waals surface area contributed by atoms with Crippen molar-refractivity contribution < 1.29 is 4.79 Å². The summed E-state index contributed by atoms with van der Waals surface area (Å²) >= 11 is 0. The fourth-order valence-corrected chi connectivity index (χ4v) is 2.65. The molecule has 0 spiro atoms. The van der Waals surface area contributed by atoms with Crippen LogP contribution in [0.1, 0.15) is 12.1 Å². The Labute approximate surface area is 146 Å². The fourth-order valence-electron chi connectivity index (χ4n) is 2.65. The molecule has 25 heavy (non-hydrogen) atoms. The van der Waals surface area contributed by atoms with Gasteiger partial charge in [0.25, 0.3) is 0 Å². The predicted octanol–water partition coefficient (Wildman–Crippen LogP) is 0.894. The third-order valence-corrected chi connectivity index (χ3v) is 4.01. The molecule has 0 aromatic carbocycles. The Hall–Kier alpha value is -3.21. The number of hydrogen-bond acceptors (Lipinski definition) is 7. The van der Waals surface area contributed by atoms with Crippen LogP contribution >= 0.6 is 0 Å². The molecular weight excluding hydrogens is 318 g/mol. The van der Waals surface area contributed by atoms with E-state index in [1.807, 2.05) is 11.0 Å². The molecule has 0 bridgehead atoms. The minimum atomic E-state index is 0.128.